The molecule has 1 aromatic rings. The standard InChI is InChI=1S/C13H22N4OS/c1-5-8-14-12-7-6-11(15-16-12)13(18)17(3)10(2)9-19-4/h6-7,10H,5,8-9H2,1-4H3,(H,14,16). The van der Waals surface area contributed by atoms with Gasteiger partial charge in [0.05, 0.1) is 0 Å². The van der Waals surface area contributed by atoms with Crippen molar-refractivity contribution >= 4 is 23.5 Å². The molecule has 1 amide bonds. The summed E-state index contributed by atoms with van der Waals surface area (Å²) in [5.41, 5.74) is 0.387. The van der Waals surface area contributed by atoms with E-state index in [-0.39, 0.29) is 11.9 Å². The summed E-state index contributed by atoms with van der Waals surface area (Å²) in [4.78, 5) is 13.9. The third kappa shape index (κ3) is 4.70. The molecule has 1 heterocycles. The van der Waals surface area contributed by atoms with Crippen molar-refractivity contribution in [1.82, 2.24) is 15.1 Å². The van der Waals surface area contributed by atoms with Crippen LogP contribution in [0.2, 0.25) is 0 Å². The van der Waals surface area contributed by atoms with Crippen molar-refractivity contribution in [1.29, 1.82) is 0 Å². The van der Waals surface area contributed by atoms with E-state index >= 15 is 0 Å². The molecule has 106 valence electrons. The molecule has 0 aliphatic carbocycles. The Hall–Kier alpha value is -1.30. The van der Waals surface area contributed by atoms with Gasteiger partial charge >= 0.3 is 0 Å². The van der Waals surface area contributed by atoms with E-state index in [0.717, 1.165) is 18.7 Å². The molecule has 1 aromatic heterocycles. The van der Waals surface area contributed by atoms with E-state index in [1.165, 1.54) is 0 Å². The van der Waals surface area contributed by atoms with Gasteiger partial charge < -0.3 is 10.2 Å². The number of hydrogen-bond donors (Lipinski definition) is 1. The number of anilines is 1. The van der Waals surface area contributed by atoms with Crippen LogP contribution in [0.25, 0.3) is 0 Å². The van der Waals surface area contributed by atoms with E-state index in [1.807, 2.05) is 13.2 Å². The zero-order valence-electron chi connectivity index (χ0n) is 12.0. The number of nitrogens with zero attached hydrogens (tertiary/aromatic N) is 3. The predicted molar refractivity (Wildman–Crippen MR) is 80.8 cm³/mol. The first-order valence-electron chi connectivity index (χ1n) is 6.43. The number of amides is 1. The maximum atomic E-state index is 12.2. The molecule has 1 rings (SSSR count). The Kier molecular flexibility index (Phi) is 6.62. The molecule has 0 saturated heterocycles. The molecule has 0 aliphatic rings. The lowest BCUT2D eigenvalue weighted by atomic mass is 10.3. The van der Waals surface area contributed by atoms with E-state index in [0.29, 0.717) is 11.5 Å². The largest absolute Gasteiger partial charge is 0.369 e. The van der Waals surface area contributed by atoms with Gasteiger partial charge in [-0.15, -0.1) is 10.2 Å². The van der Waals surface area contributed by atoms with Crippen molar-refractivity contribution < 1.29 is 4.79 Å². The topological polar surface area (TPSA) is 58.1 Å². The fraction of sp³-hybridized carbons (Fsp3) is 0.615. The summed E-state index contributed by atoms with van der Waals surface area (Å²) in [5, 5.41) is 11.1. The Labute approximate surface area is 119 Å². The smallest absolute Gasteiger partial charge is 0.274 e. The first kappa shape index (κ1) is 15.8. The maximum absolute atomic E-state index is 12.2. The summed E-state index contributed by atoms with van der Waals surface area (Å²) in [6.07, 6.45) is 3.06. The molecule has 0 radical (unpaired) electrons. The molecular weight excluding hydrogens is 260 g/mol. The number of carbonyl (C=O) groups excluding carboxylic acids is 1. The number of rotatable bonds is 7. The lowest BCUT2D eigenvalue weighted by Crippen LogP contribution is -2.37. The van der Waals surface area contributed by atoms with Crippen LogP contribution in [0.3, 0.4) is 0 Å². The van der Waals surface area contributed by atoms with Gasteiger partial charge in [0, 0.05) is 25.4 Å². The van der Waals surface area contributed by atoms with Gasteiger partial charge in [0.15, 0.2) is 5.69 Å². The molecule has 19 heavy (non-hydrogen) atoms. The van der Waals surface area contributed by atoms with Gasteiger partial charge in [-0.2, -0.15) is 11.8 Å². The molecule has 0 saturated carbocycles. The summed E-state index contributed by atoms with van der Waals surface area (Å²) in [6, 6.07) is 3.70. The Morgan fingerprint density at radius 3 is 2.74 bits per heavy atom. The monoisotopic (exact) mass is 282 g/mol. The van der Waals surface area contributed by atoms with E-state index in [2.05, 4.69) is 22.4 Å². The minimum Gasteiger partial charge on any atom is -0.369 e. The summed E-state index contributed by atoms with van der Waals surface area (Å²) >= 11 is 1.72. The highest BCUT2D eigenvalue weighted by atomic mass is 32.2. The quantitative estimate of drug-likeness (QED) is 0.830. The summed E-state index contributed by atoms with van der Waals surface area (Å²) in [5.74, 6) is 1.53. The van der Waals surface area contributed by atoms with Crippen LogP contribution in [0, 0.1) is 0 Å². The fourth-order valence-electron chi connectivity index (χ4n) is 1.53. The van der Waals surface area contributed by atoms with E-state index < -0.39 is 0 Å². The number of carbonyl (C=O) groups is 1. The van der Waals surface area contributed by atoms with E-state index in [1.54, 1.807) is 35.8 Å². The average Bonchev–Trinajstić information content (AvgIpc) is 2.44. The molecule has 1 unspecified atom stereocenters. The minimum absolute atomic E-state index is 0.0870. The van der Waals surface area contributed by atoms with Crippen LogP contribution < -0.4 is 5.32 Å². The van der Waals surface area contributed by atoms with Crippen LogP contribution in [-0.2, 0) is 0 Å². The highest BCUT2D eigenvalue weighted by molar-refractivity contribution is 7.98. The van der Waals surface area contributed by atoms with Crippen LogP contribution in [0.1, 0.15) is 30.8 Å². The second-order valence-electron chi connectivity index (χ2n) is 4.45. The number of hydrogen-bond acceptors (Lipinski definition) is 5. The van der Waals surface area contributed by atoms with Crippen LogP contribution in [0.5, 0.6) is 0 Å². The van der Waals surface area contributed by atoms with Gasteiger partial charge in [0.25, 0.3) is 5.91 Å². The summed E-state index contributed by atoms with van der Waals surface area (Å²) < 4.78 is 0. The summed E-state index contributed by atoms with van der Waals surface area (Å²) in [7, 11) is 1.80. The zero-order valence-corrected chi connectivity index (χ0v) is 12.8. The number of thioether (sulfide) groups is 1. The Balaban J connectivity index is 2.66. The molecule has 0 aliphatic heterocycles. The molecule has 5 nitrogen and oxygen atoms in total. The van der Waals surface area contributed by atoms with Crippen molar-refractivity contribution in [3.63, 3.8) is 0 Å². The second-order valence-corrected chi connectivity index (χ2v) is 5.36. The van der Waals surface area contributed by atoms with Crippen molar-refractivity contribution in [3.05, 3.63) is 17.8 Å². The van der Waals surface area contributed by atoms with Crippen LogP contribution in [0.15, 0.2) is 12.1 Å². The normalized spacial score (nSPS) is 12.0. The number of aromatic nitrogens is 2. The summed E-state index contributed by atoms with van der Waals surface area (Å²) in [6.45, 7) is 4.96. The molecule has 1 N–H and O–H groups in total. The SMILES string of the molecule is CCCNc1ccc(C(=O)N(C)C(C)CSC)nn1. The first-order valence-corrected chi connectivity index (χ1v) is 7.83. The zero-order chi connectivity index (χ0) is 14.3. The molecule has 0 aromatic carbocycles. The molecular formula is C13H22N4OS. The second kappa shape index (κ2) is 7.99. The van der Waals surface area contributed by atoms with Crippen molar-refractivity contribution in [2.24, 2.45) is 0 Å². The Morgan fingerprint density at radius 2 is 2.21 bits per heavy atom. The van der Waals surface area contributed by atoms with Crippen molar-refractivity contribution in [2.45, 2.75) is 26.3 Å². The highest BCUT2D eigenvalue weighted by Gasteiger charge is 2.18. The van der Waals surface area contributed by atoms with Gasteiger partial charge in [-0.25, -0.2) is 0 Å². The van der Waals surface area contributed by atoms with Gasteiger partial charge in [-0.05, 0) is 31.7 Å². The molecule has 6 heteroatoms. The number of nitrogens with one attached hydrogen (secondary N) is 1. The van der Waals surface area contributed by atoms with Crippen LogP contribution in [0.4, 0.5) is 5.82 Å². The lowest BCUT2D eigenvalue weighted by Gasteiger charge is -2.23. The lowest BCUT2D eigenvalue weighted by molar-refractivity contribution is 0.0750. The average molecular weight is 282 g/mol. The Bertz CT molecular complexity index is 396. The molecule has 1 atom stereocenters. The molecule has 0 fully saturated rings. The van der Waals surface area contributed by atoms with Crippen molar-refractivity contribution in [3.8, 4) is 0 Å². The maximum Gasteiger partial charge on any atom is 0.274 e. The Morgan fingerprint density at radius 1 is 1.47 bits per heavy atom. The van der Waals surface area contributed by atoms with E-state index in [4.69, 9.17) is 0 Å². The fourth-order valence-corrected chi connectivity index (χ4v) is 2.23. The van der Waals surface area contributed by atoms with Crippen LogP contribution in [-0.4, -0.2) is 52.6 Å². The molecule has 0 spiro atoms. The van der Waals surface area contributed by atoms with E-state index in [9.17, 15) is 4.79 Å². The highest BCUT2D eigenvalue weighted by Crippen LogP contribution is 2.09. The van der Waals surface area contributed by atoms with Gasteiger partial charge in [0.1, 0.15) is 5.82 Å². The van der Waals surface area contributed by atoms with Crippen molar-refractivity contribution in [2.75, 3.05) is 30.9 Å². The van der Waals surface area contributed by atoms with Gasteiger partial charge in [0.2, 0.25) is 0 Å². The third-order valence-corrected chi connectivity index (χ3v) is 3.64. The van der Waals surface area contributed by atoms with Crippen LogP contribution >= 0.6 is 11.8 Å². The predicted octanol–water partition coefficient (Wildman–Crippen LogP) is 2.12. The minimum atomic E-state index is -0.0870. The molecule has 0 bridgehead atoms. The van der Waals surface area contributed by atoms with Gasteiger partial charge in [-0.3, -0.25) is 4.79 Å². The first-order chi connectivity index (χ1) is 9.10. The van der Waals surface area contributed by atoms with Gasteiger partial charge in [-0.1, -0.05) is 6.92 Å². The third-order valence-electron chi connectivity index (χ3n) is 2.83.